The fraction of sp³-hybridized carbons (Fsp3) is 0.417. The zero-order valence-electron chi connectivity index (χ0n) is 10.8. The van der Waals surface area contributed by atoms with E-state index in [0.29, 0.717) is 0 Å². The van der Waals surface area contributed by atoms with E-state index in [0.717, 1.165) is 12.3 Å². The number of rotatable bonds is 7. The van der Waals surface area contributed by atoms with Crippen LogP contribution in [0.15, 0.2) is 18.3 Å². The van der Waals surface area contributed by atoms with Crippen molar-refractivity contribution in [2.45, 2.75) is 19.0 Å². The number of carboxylic acids is 1. The molecule has 9 heteroatoms. The molecule has 0 saturated carbocycles. The van der Waals surface area contributed by atoms with Crippen LogP contribution in [0.2, 0.25) is 0 Å². The smallest absolute Gasteiger partial charge is 0.422 e. The Balaban J connectivity index is 2.51. The summed E-state index contributed by atoms with van der Waals surface area (Å²) < 4.78 is 40.4. The molecule has 6 nitrogen and oxygen atoms in total. The lowest BCUT2D eigenvalue weighted by Gasteiger charge is -2.09. The largest absolute Gasteiger partial charge is 0.481 e. The lowest BCUT2D eigenvalue weighted by Crippen LogP contribution is -2.25. The molecule has 1 amide bonds. The molecule has 0 unspecified atom stereocenters. The number of ether oxygens (including phenoxy) is 1. The zero-order chi connectivity index (χ0) is 15.9. The van der Waals surface area contributed by atoms with Crippen LogP contribution in [0.3, 0.4) is 0 Å². The summed E-state index contributed by atoms with van der Waals surface area (Å²) in [5.74, 6) is -1.83. The van der Waals surface area contributed by atoms with Crippen molar-refractivity contribution in [3.8, 4) is 5.88 Å². The van der Waals surface area contributed by atoms with Gasteiger partial charge in [-0.3, -0.25) is 9.59 Å². The Kier molecular flexibility index (Phi) is 5.94. The molecule has 0 aliphatic heterocycles. The van der Waals surface area contributed by atoms with Gasteiger partial charge in [-0.2, -0.15) is 13.2 Å². The molecule has 1 rings (SSSR count). The number of halogens is 3. The van der Waals surface area contributed by atoms with Crippen molar-refractivity contribution in [2.75, 3.05) is 13.2 Å². The van der Waals surface area contributed by atoms with Gasteiger partial charge >= 0.3 is 12.1 Å². The van der Waals surface area contributed by atoms with Crippen LogP contribution >= 0.6 is 0 Å². The summed E-state index contributed by atoms with van der Waals surface area (Å²) in [7, 11) is 0. The molecule has 0 fully saturated rings. The Hall–Kier alpha value is -2.32. The molecule has 0 bridgehead atoms. The second kappa shape index (κ2) is 7.46. The van der Waals surface area contributed by atoms with Crippen LogP contribution in [-0.2, 0) is 4.79 Å². The minimum absolute atomic E-state index is 0.0810. The maximum absolute atomic E-state index is 12.0. The fourth-order valence-electron chi connectivity index (χ4n) is 1.33. The first-order valence-corrected chi connectivity index (χ1v) is 5.93. The van der Waals surface area contributed by atoms with Gasteiger partial charge < -0.3 is 15.2 Å². The maximum Gasteiger partial charge on any atom is 0.422 e. The Labute approximate surface area is 117 Å². The summed E-state index contributed by atoms with van der Waals surface area (Å²) >= 11 is 0. The van der Waals surface area contributed by atoms with Crippen LogP contribution in [-0.4, -0.2) is 41.3 Å². The topological polar surface area (TPSA) is 88.5 Å². The second-order valence-corrected chi connectivity index (χ2v) is 4.04. The summed E-state index contributed by atoms with van der Waals surface area (Å²) in [5, 5.41) is 10.9. The van der Waals surface area contributed by atoms with Crippen molar-refractivity contribution in [3.63, 3.8) is 0 Å². The number of carbonyl (C=O) groups is 2. The van der Waals surface area contributed by atoms with Gasteiger partial charge in [0.15, 0.2) is 6.61 Å². The third-order valence-electron chi connectivity index (χ3n) is 2.23. The van der Waals surface area contributed by atoms with E-state index in [1.807, 2.05) is 0 Å². The molecule has 0 aliphatic rings. The fourth-order valence-corrected chi connectivity index (χ4v) is 1.33. The van der Waals surface area contributed by atoms with Gasteiger partial charge in [-0.1, -0.05) is 0 Å². The molecular formula is C12H13F3N2O4. The molecular weight excluding hydrogens is 293 g/mol. The molecule has 0 spiro atoms. The van der Waals surface area contributed by atoms with Crippen molar-refractivity contribution >= 4 is 11.9 Å². The summed E-state index contributed by atoms with van der Waals surface area (Å²) in [6.07, 6.45) is -3.17. The molecule has 1 aromatic rings. The highest BCUT2D eigenvalue weighted by atomic mass is 19.4. The Morgan fingerprint density at radius 3 is 2.71 bits per heavy atom. The molecule has 0 aliphatic carbocycles. The van der Waals surface area contributed by atoms with Crippen molar-refractivity contribution in [3.05, 3.63) is 23.9 Å². The van der Waals surface area contributed by atoms with Crippen molar-refractivity contribution in [1.29, 1.82) is 0 Å². The monoisotopic (exact) mass is 306 g/mol. The highest BCUT2D eigenvalue weighted by Crippen LogP contribution is 2.17. The van der Waals surface area contributed by atoms with Gasteiger partial charge in [0.25, 0.3) is 5.91 Å². The van der Waals surface area contributed by atoms with Gasteiger partial charge in [0.05, 0.1) is 0 Å². The normalized spacial score (nSPS) is 11.0. The van der Waals surface area contributed by atoms with E-state index >= 15 is 0 Å². The molecule has 21 heavy (non-hydrogen) atoms. The number of hydrogen-bond acceptors (Lipinski definition) is 4. The summed E-state index contributed by atoms with van der Waals surface area (Å²) in [4.78, 5) is 25.5. The molecule has 0 atom stereocenters. The van der Waals surface area contributed by atoms with Crippen LogP contribution in [0.5, 0.6) is 5.88 Å². The van der Waals surface area contributed by atoms with Gasteiger partial charge in [0.1, 0.15) is 0 Å². The third-order valence-corrected chi connectivity index (χ3v) is 2.23. The van der Waals surface area contributed by atoms with Crippen molar-refractivity contribution < 1.29 is 32.6 Å². The minimum atomic E-state index is -4.49. The Bertz CT molecular complexity index is 506. The summed E-state index contributed by atoms with van der Waals surface area (Å²) in [5.41, 5.74) is 0.0810. The first-order chi connectivity index (χ1) is 9.78. The predicted octanol–water partition coefficient (Wildman–Crippen LogP) is 1.62. The standard InChI is InChI=1S/C12H13F3N2O4/c13-12(14,15)7-21-9-6-8(3-5-16-9)11(20)17-4-1-2-10(18)19/h3,5-6H,1-2,4,7H2,(H,17,20)(H,18,19). The number of carboxylic acid groups (broad SMARTS) is 1. The van der Waals surface area contributed by atoms with E-state index in [-0.39, 0.29) is 30.8 Å². The number of nitrogens with one attached hydrogen (secondary N) is 1. The third kappa shape index (κ3) is 7.14. The first kappa shape index (κ1) is 16.7. The van der Waals surface area contributed by atoms with E-state index in [9.17, 15) is 22.8 Å². The SMILES string of the molecule is O=C(O)CCCNC(=O)c1ccnc(OCC(F)(F)F)c1. The molecule has 116 valence electrons. The predicted molar refractivity (Wildman–Crippen MR) is 65.0 cm³/mol. The van der Waals surface area contributed by atoms with Gasteiger partial charge in [-0.05, 0) is 12.5 Å². The number of hydrogen-bond donors (Lipinski definition) is 2. The highest BCUT2D eigenvalue weighted by Gasteiger charge is 2.28. The number of aromatic nitrogens is 1. The summed E-state index contributed by atoms with van der Waals surface area (Å²) in [6, 6.07) is 2.39. The second-order valence-electron chi connectivity index (χ2n) is 4.04. The Morgan fingerprint density at radius 2 is 2.10 bits per heavy atom. The van der Waals surface area contributed by atoms with E-state index in [4.69, 9.17) is 5.11 Å². The van der Waals surface area contributed by atoms with Crippen LogP contribution in [0.1, 0.15) is 23.2 Å². The lowest BCUT2D eigenvalue weighted by atomic mass is 10.2. The molecule has 0 aromatic carbocycles. The molecule has 1 heterocycles. The van der Waals surface area contributed by atoms with Crippen LogP contribution < -0.4 is 10.1 Å². The maximum atomic E-state index is 12.0. The lowest BCUT2D eigenvalue weighted by molar-refractivity contribution is -0.154. The van der Waals surface area contributed by atoms with E-state index in [1.54, 1.807) is 0 Å². The molecule has 0 saturated heterocycles. The van der Waals surface area contributed by atoms with Crippen LogP contribution in [0, 0.1) is 0 Å². The van der Waals surface area contributed by atoms with E-state index in [2.05, 4.69) is 15.0 Å². The quantitative estimate of drug-likeness (QED) is 0.747. The zero-order valence-corrected chi connectivity index (χ0v) is 10.8. The van der Waals surface area contributed by atoms with Crippen LogP contribution in [0.25, 0.3) is 0 Å². The van der Waals surface area contributed by atoms with E-state index < -0.39 is 24.7 Å². The first-order valence-electron chi connectivity index (χ1n) is 5.93. The molecule has 0 radical (unpaired) electrons. The van der Waals surface area contributed by atoms with Gasteiger partial charge in [-0.15, -0.1) is 0 Å². The van der Waals surface area contributed by atoms with Gasteiger partial charge in [-0.25, -0.2) is 4.98 Å². The number of amides is 1. The average molecular weight is 306 g/mol. The van der Waals surface area contributed by atoms with E-state index in [1.165, 1.54) is 6.07 Å². The number of pyridine rings is 1. The van der Waals surface area contributed by atoms with Gasteiger partial charge in [0, 0.05) is 30.8 Å². The summed E-state index contributed by atoms with van der Waals surface area (Å²) in [6.45, 7) is -1.35. The van der Waals surface area contributed by atoms with Crippen molar-refractivity contribution in [2.24, 2.45) is 0 Å². The number of carbonyl (C=O) groups excluding carboxylic acids is 1. The molecule has 2 N–H and O–H groups in total. The number of nitrogens with zero attached hydrogens (tertiary/aromatic N) is 1. The minimum Gasteiger partial charge on any atom is -0.481 e. The van der Waals surface area contributed by atoms with Crippen molar-refractivity contribution in [1.82, 2.24) is 10.3 Å². The average Bonchev–Trinajstić information content (AvgIpc) is 2.40. The highest BCUT2D eigenvalue weighted by molar-refractivity contribution is 5.94. The number of aliphatic carboxylic acids is 1. The van der Waals surface area contributed by atoms with Gasteiger partial charge in [0.2, 0.25) is 5.88 Å². The Morgan fingerprint density at radius 1 is 1.38 bits per heavy atom. The van der Waals surface area contributed by atoms with Crippen LogP contribution in [0.4, 0.5) is 13.2 Å². The number of alkyl halides is 3. The molecule has 1 aromatic heterocycles.